The lowest BCUT2D eigenvalue weighted by Gasteiger charge is -2.22. The van der Waals surface area contributed by atoms with Gasteiger partial charge in [-0.2, -0.15) is 20.3 Å². The van der Waals surface area contributed by atoms with Crippen molar-refractivity contribution in [1.82, 2.24) is 28.9 Å². The van der Waals surface area contributed by atoms with Crippen LogP contribution in [0.25, 0.3) is 17.1 Å². The Hall–Kier alpha value is -11.2. The number of amides is 2. The monoisotopic (exact) mass is 1270 g/mol. The molecule has 0 spiro atoms. The molecule has 0 saturated heterocycles. The van der Waals surface area contributed by atoms with Crippen LogP contribution in [-0.2, 0) is 83.6 Å². The molecule has 0 fully saturated rings. The molecule has 2 amide bonds. The van der Waals surface area contributed by atoms with E-state index in [1.54, 1.807) is 80.2 Å². The highest BCUT2D eigenvalue weighted by Crippen LogP contribution is 2.36. The number of rotatable bonds is 16. The SMILES string of the molecule is COC(=O)CC1(C)C(=O)N(c2ccccc2)N=C1C.COC(=O)CC1C(=O)N(c2ccccc2)N=C1C.COC(=O)Cc1c(C)[nH]n(-c2ccccc2)c1=O.COC(=O)Cc1c(C)n(C)n(-c2ccccc2)c1=O.COC(=O)Cc1c(C)nn(-c2ccccc2)c1OC. The molecule has 1 N–H and O–H groups in total. The molecular formula is C68H76N10O15. The molecule has 2 aliphatic rings. The first-order chi connectivity index (χ1) is 44.5. The van der Waals surface area contributed by atoms with E-state index < -0.39 is 35.2 Å². The van der Waals surface area contributed by atoms with Crippen molar-refractivity contribution in [2.24, 2.45) is 28.6 Å². The lowest BCUT2D eigenvalue weighted by atomic mass is 9.82. The third kappa shape index (κ3) is 17.4. The normalized spacial score (nSPS) is 14.4. The average Bonchev–Trinajstić information content (AvgIpc) is 1.68. The minimum atomic E-state index is -0.928. The molecule has 5 aromatic carbocycles. The number of nitrogens with one attached hydrogen (secondary N) is 1. The van der Waals surface area contributed by atoms with E-state index >= 15 is 0 Å². The molecule has 10 rings (SSSR count). The maximum atomic E-state index is 12.5. The number of carbonyl (C=O) groups is 7. The van der Waals surface area contributed by atoms with Crippen LogP contribution in [0.3, 0.4) is 0 Å². The number of aromatic amines is 1. The number of aryl methyl sites for hydroxylation is 2. The number of anilines is 2. The van der Waals surface area contributed by atoms with Gasteiger partial charge in [0.2, 0.25) is 5.88 Å². The molecule has 25 nitrogen and oxygen atoms in total. The zero-order chi connectivity index (χ0) is 68.1. The van der Waals surface area contributed by atoms with Crippen molar-refractivity contribution in [3.05, 3.63) is 206 Å². The Balaban J connectivity index is 0.000000184. The first-order valence-corrected chi connectivity index (χ1v) is 29.1. The number of hydrogen-bond donors (Lipinski definition) is 1. The van der Waals surface area contributed by atoms with Crippen LogP contribution in [0.1, 0.15) is 67.4 Å². The van der Waals surface area contributed by atoms with Gasteiger partial charge in [-0.15, -0.1) is 0 Å². The smallest absolute Gasteiger partial charge is 0.310 e. The maximum Gasteiger partial charge on any atom is 0.310 e. The van der Waals surface area contributed by atoms with Gasteiger partial charge in [-0.25, -0.2) is 19.1 Å². The quantitative estimate of drug-likeness (QED) is 0.0711. The molecule has 3 aromatic heterocycles. The molecule has 488 valence electrons. The summed E-state index contributed by atoms with van der Waals surface area (Å²) in [6, 6.07) is 46.4. The second-order valence-corrected chi connectivity index (χ2v) is 21.1. The van der Waals surface area contributed by atoms with Crippen LogP contribution in [0.2, 0.25) is 0 Å². The highest BCUT2D eigenvalue weighted by atomic mass is 16.5. The van der Waals surface area contributed by atoms with Crippen molar-refractivity contribution in [1.29, 1.82) is 0 Å². The van der Waals surface area contributed by atoms with Gasteiger partial charge in [0.1, 0.15) is 0 Å². The highest BCUT2D eigenvalue weighted by molar-refractivity contribution is 6.19. The Kier molecular flexibility index (Phi) is 25.1. The molecular weight excluding hydrogens is 1200 g/mol. The van der Waals surface area contributed by atoms with Crippen molar-refractivity contribution in [2.75, 3.05) is 52.7 Å². The van der Waals surface area contributed by atoms with Gasteiger partial charge >= 0.3 is 29.8 Å². The summed E-state index contributed by atoms with van der Waals surface area (Å²) < 4.78 is 34.9. The van der Waals surface area contributed by atoms with Crippen molar-refractivity contribution < 1.29 is 62.0 Å². The number of esters is 5. The fourth-order valence-corrected chi connectivity index (χ4v) is 9.57. The third-order valence-corrected chi connectivity index (χ3v) is 15.2. The number of hydrazone groups is 2. The summed E-state index contributed by atoms with van der Waals surface area (Å²) >= 11 is 0. The van der Waals surface area contributed by atoms with Gasteiger partial charge in [0.25, 0.3) is 22.9 Å². The van der Waals surface area contributed by atoms with E-state index in [9.17, 15) is 43.2 Å². The highest BCUT2D eigenvalue weighted by Gasteiger charge is 2.47. The number of aromatic nitrogens is 6. The molecule has 93 heavy (non-hydrogen) atoms. The molecule has 0 bridgehead atoms. The second-order valence-electron chi connectivity index (χ2n) is 21.1. The van der Waals surface area contributed by atoms with E-state index in [4.69, 9.17) is 9.47 Å². The minimum Gasteiger partial charge on any atom is -0.481 e. The summed E-state index contributed by atoms with van der Waals surface area (Å²) in [5.74, 6) is -2.31. The lowest BCUT2D eigenvalue weighted by molar-refractivity contribution is -0.144. The van der Waals surface area contributed by atoms with E-state index in [0.29, 0.717) is 45.5 Å². The number of H-pyrrole nitrogens is 1. The average molecular weight is 1270 g/mol. The predicted molar refractivity (Wildman–Crippen MR) is 348 cm³/mol. The molecule has 2 unspecified atom stereocenters. The van der Waals surface area contributed by atoms with Crippen molar-refractivity contribution >= 4 is 64.5 Å². The van der Waals surface area contributed by atoms with Crippen LogP contribution < -0.4 is 25.9 Å². The molecule has 25 heteroatoms. The topological polar surface area (TPSA) is 289 Å². The Morgan fingerprint density at radius 3 is 1.41 bits per heavy atom. The van der Waals surface area contributed by atoms with Gasteiger partial charge in [0, 0.05) is 29.7 Å². The zero-order valence-corrected chi connectivity index (χ0v) is 54.2. The van der Waals surface area contributed by atoms with Crippen molar-refractivity contribution in [3.8, 4) is 22.9 Å². The predicted octanol–water partition coefficient (Wildman–Crippen LogP) is 7.86. The summed E-state index contributed by atoms with van der Waals surface area (Å²) in [7, 11) is 9.97. The number of nitrogens with zero attached hydrogens (tertiary/aromatic N) is 9. The molecule has 0 saturated carbocycles. The van der Waals surface area contributed by atoms with E-state index in [1.165, 1.54) is 50.2 Å². The van der Waals surface area contributed by atoms with Crippen LogP contribution in [0.5, 0.6) is 5.88 Å². The van der Waals surface area contributed by atoms with Crippen molar-refractivity contribution in [3.63, 3.8) is 0 Å². The van der Waals surface area contributed by atoms with Gasteiger partial charge in [0.15, 0.2) is 0 Å². The van der Waals surface area contributed by atoms with Crippen LogP contribution in [0, 0.1) is 32.1 Å². The van der Waals surface area contributed by atoms with Gasteiger partial charge in [-0.3, -0.25) is 52.9 Å². The first-order valence-electron chi connectivity index (χ1n) is 29.1. The third-order valence-electron chi connectivity index (χ3n) is 15.2. The van der Waals surface area contributed by atoms with Gasteiger partial charge < -0.3 is 28.4 Å². The first kappa shape index (κ1) is 70.8. The lowest BCUT2D eigenvalue weighted by Crippen LogP contribution is -2.38. The fourth-order valence-electron chi connectivity index (χ4n) is 9.57. The standard InChI is InChI=1S/3C14H16N2O3.2C13H14N2O3/c1-10-14(2,9-12(17)19-3)13(18)16(15-10)11-7-5-4-6-8-11;1-10-12(9-13(17)18-2)14(19-3)16(15-10)11-7-5-4-6-8-11;1-10-12(9-13(17)19-3)14(18)16(15(10)2)11-7-5-4-6-8-11;2*1-9-11(8-12(16)18-2)13(17)15(14-9)10-6-4-3-5-7-10/h3*4-8H,9H2,1-3H3;3-7,14H,8H2,1-2H3;3-7,11H,8H2,1-2H3. The molecule has 2 atom stereocenters. The van der Waals surface area contributed by atoms with E-state index in [0.717, 1.165) is 34.0 Å². The Morgan fingerprint density at radius 2 is 0.935 bits per heavy atom. The van der Waals surface area contributed by atoms with Crippen LogP contribution in [0.4, 0.5) is 11.4 Å². The maximum absolute atomic E-state index is 12.5. The Morgan fingerprint density at radius 1 is 0.505 bits per heavy atom. The molecule has 8 aromatic rings. The largest absolute Gasteiger partial charge is 0.481 e. The van der Waals surface area contributed by atoms with E-state index in [-0.39, 0.29) is 61.0 Å². The number of carbonyl (C=O) groups excluding carboxylic acids is 7. The number of benzene rings is 5. The van der Waals surface area contributed by atoms with Gasteiger partial charge in [0.05, 0.1) is 137 Å². The van der Waals surface area contributed by atoms with Crippen molar-refractivity contribution in [2.45, 2.75) is 73.6 Å². The number of hydrogen-bond acceptors (Lipinski definition) is 18. The second kappa shape index (κ2) is 33.0. The van der Waals surface area contributed by atoms with Crippen LogP contribution in [0.15, 0.2) is 171 Å². The summed E-state index contributed by atoms with van der Waals surface area (Å²) in [5.41, 5.74) is 7.57. The fraction of sp³-hybridized carbons (Fsp3) is 0.294. The molecule has 5 heterocycles. The van der Waals surface area contributed by atoms with Gasteiger partial charge in [-0.1, -0.05) is 91.0 Å². The van der Waals surface area contributed by atoms with Crippen LogP contribution in [-0.4, -0.2) is 125 Å². The van der Waals surface area contributed by atoms with Gasteiger partial charge in [-0.05, 0) is 102 Å². The molecule has 0 aliphatic carbocycles. The number of methoxy groups -OCH3 is 6. The van der Waals surface area contributed by atoms with Crippen LogP contribution >= 0.6 is 0 Å². The Labute approximate surface area is 537 Å². The van der Waals surface area contributed by atoms with E-state index in [2.05, 4.69) is 39.3 Å². The zero-order valence-electron chi connectivity index (χ0n) is 54.2. The Bertz CT molecular complexity index is 4100. The molecule has 2 aliphatic heterocycles. The number of para-hydroxylation sites is 5. The van der Waals surface area contributed by atoms with E-state index in [1.807, 2.05) is 141 Å². The summed E-state index contributed by atoms with van der Waals surface area (Å²) in [6.45, 7) is 10.6. The number of ether oxygens (including phenoxy) is 6. The molecule has 0 radical (unpaired) electrons. The summed E-state index contributed by atoms with van der Waals surface area (Å²) in [4.78, 5) is 106. The summed E-state index contributed by atoms with van der Waals surface area (Å²) in [5, 5.41) is 18.5. The minimum absolute atomic E-state index is 0.000992. The summed E-state index contributed by atoms with van der Waals surface area (Å²) in [6.07, 6.45) is 0.166.